The second kappa shape index (κ2) is 6.70. The first-order valence-electron chi connectivity index (χ1n) is 8.92. The first kappa shape index (κ1) is 17.5. The van der Waals surface area contributed by atoms with Crippen molar-refractivity contribution in [1.29, 1.82) is 0 Å². The van der Waals surface area contributed by atoms with Gasteiger partial charge in [0.25, 0.3) is 5.91 Å². The van der Waals surface area contributed by atoms with Crippen molar-refractivity contribution in [1.82, 2.24) is 24.8 Å². The van der Waals surface area contributed by atoms with E-state index >= 15 is 0 Å². The van der Waals surface area contributed by atoms with E-state index in [0.717, 1.165) is 11.3 Å². The fourth-order valence-electron chi connectivity index (χ4n) is 3.70. The van der Waals surface area contributed by atoms with Gasteiger partial charge in [-0.3, -0.25) is 4.79 Å². The summed E-state index contributed by atoms with van der Waals surface area (Å²) in [5.41, 5.74) is 1.89. The average molecular weight is 369 g/mol. The number of hydrogen-bond acceptors (Lipinski definition) is 6. The Labute approximate surface area is 157 Å². The summed E-state index contributed by atoms with van der Waals surface area (Å²) < 4.78 is 13.0. The average Bonchev–Trinajstić information content (AvgIpc) is 3.33. The maximum absolute atomic E-state index is 13.3. The van der Waals surface area contributed by atoms with E-state index in [-0.39, 0.29) is 12.0 Å². The predicted molar refractivity (Wildman–Crippen MR) is 98.1 cm³/mol. The molecule has 0 fully saturated rings. The lowest BCUT2D eigenvalue weighted by Gasteiger charge is -2.46. The highest BCUT2D eigenvalue weighted by atomic mass is 16.5. The lowest BCUT2D eigenvalue weighted by Crippen LogP contribution is -2.61. The third kappa shape index (κ3) is 3.16. The maximum Gasteiger partial charge on any atom is 0.257 e. The highest BCUT2D eigenvalue weighted by molar-refractivity contribution is 6.01. The van der Waals surface area contributed by atoms with Crippen LogP contribution in [0.4, 0.5) is 0 Å². The Morgan fingerprint density at radius 3 is 2.89 bits per heavy atom. The van der Waals surface area contributed by atoms with Gasteiger partial charge in [-0.1, -0.05) is 0 Å². The number of methoxy groups -OCH3 is 1. The van der Waals surface area contributed by atoms with E-state index < -0.39 is 5.66 Å². The van der Waals surface area contributed by atoms with Crippen molar-refractivity contribution < 1.29 is 13.9 Å². The van der Waals surface area contributed by atoms with E-state index in [2.05, 4.69) is 15.3 Å². The Morgan fingerprint density at radius 2 is 2.22 bits per heavy atom. The molecule has 2 aromatic rings. The van der Waals surface area contributed by atoms with E-state index in [1.165, 1.54) is 6.39 Å². The standard InChI is InChI=1S/C19H23N5O3/c1-19(2)22-15-9-16(26-3)14(17-10-21-12-27-17)8-13(15)18(25)24(19)7-6-23-5-4-20-11-23/h4-5,8,10-12,16,22H,6-7,9H2,1-3H3. The van der Waals surface area contributed by atoms with Gasteiger partial charge in [-0.15, -0.1) is 0 Å². The van der Waals surface area contributed by atoms with Gasteiger partial charge < -0.3 is 23.9 Å². The van der Waals surface area contributed by atoms with Crippen LogP contribution in [0.2, 0.25) is 0 Å². The summed E-state index contributed by atoms with van der Waals surface area (Å²) in [5.74, 6) is 0.622. The van der Waals surface area contributed by atoms with Crippen LogP contribution in [0.1, 0.15) is 26.0 Å². The third-order valence-corrected chi connectivity index (χ3v) is 5.11. The van der Waals surface area contributed by atoms with Crippen LogP contribution < -0.4 is 5.32 Å². The Hall–Kier alpha value is -2.87. The van der Waals surface area contributed by atoms with Crippen LogP contribution >= 0.6 is 0 Å². The van der Waals surface area contributed by atoms with Crippen LogP contribution in [0, 0.1) is 0 Å². The molecule has 2 aliphatic rings. The van der Waals surface area contributed by atoms with Crippen LogP contribution in [0.3, 0.4) is 0 Å². The molecule has 8 heteroatoms. The second-order valence-corrected chi connectivity index (χ2v) is 7.23. The van der Waals surface area contributed by atoms with E-state index in [1.807, 2.05) is 35.6 Å². The van der Waals surface area contributed by atoms with Crippen LogP contribution in [-0.4, -0.2) is 50.8 Å². The van der Waals surface area contributed by atoms with E-state index in [0.29, 0.717) is 30.8 Å². The quantitative estimate of drug-likeness (QED) is 0.865. The molecule has 1 N–H and O–H groups in total. The zero-order valence-electron chi connectivity index (χ0n) is 15.7. The van der Waals surface area contributed by atoms with Gasteiger partial charge in [0, 0.05) is 50.3 Å². The molecular formula is C19H23N5O3. The number of rotatable bonds is 5. The van der Waals surface area contributed by atoms with Gasteiger partial charge >= 0.3 is 0 Å². The molecule has 27 heavy (non-hydrogen) atoms. The molecule has 1 aliphatic heterocycles. The molecule has 3 heterocycles. The number of carbonyl (C=O) groups is 1. The molecule has 1 amide bonds. The fourth-order valence-corrected chi connectivity index (χ4v) is 3.70. The van der Waals surface area contributed by atoms with Gasteiger partial charge in [-0.25, -0.2) is 9.97 Å². The van der Waals surface area contributed by atoms with Crippen molar-refractivity contribution in [3.63, 3.8) is 0 Å². The molecule has 4 rings (SSSR count). The summed E-state index contributed by atoms with van der Waals surface area (Å²) in [4.78, 5) is 23.2. The number of aromatic nitrogens is 3. The second-order valence-electron chi connectivity index (χ2n) is 7.23. The number of hydrogen-bond donors (Lipinski definition) is 1. The SMILES string of the molecule is COC1CC2=C(C=C1c1cnco1)C(=O)N(CCn1ccnc1)C(C)(C)N2. The van der Waals surface area contributed by atoms with Gasteiger partial charge in [0.2, 0.25) is 0 Å². The first-order chi connectivity index (χ1) is 13.0. The minimum absolute atomic E-state index is 0.000402. The zero-order chi connectivity index (χ0) is 19.0. The largest absolute Gasteiger partial charge is 0.444 e. The van der Waals surface area contributed by atoms with Crippen molar-refractivity contribution in [3.8, 4) is 0 Å². The number of imidazole rings is 1. The van der Waals surface area contributed by atoms with E-state index in [4.69, 9.17) is 9.15 Å². The summed E-state index contributed by atoms with van der Waals surface area (Å²) in [7, 11) is 1.66. The Bertz CT molecular complexity index is 881. The summed E-state index contributed by atoms with van der Waals surface area (Å²) in [6.45, 7) is 5.28. The number of nitrogens with zero attached hydrogens (tertiary/aromatic N) is 4. The molecule has 8 nitrogen and oxygen atoms in total. The number of carbonyl (C=O) groups excluding carboxylic acids is 1. The van der Waals surface area contributed by atoms with Crippen LogP contribution in [0.25, 0.3) is 5.57 Å². The van der Waals surface area contributed by atoms with Gasteiger partial charge in [0.15, 0.2) is 12.2 Å². The summed E-state index contributed by atoms with van der Waals surface area (Å²) in [6.07, 6.45) is 10.7. The zero-order valence-corrected chi connectivity index (χ0v) is 15.7. The normalized spacial score (nSPS) is 21.7. The van der Waals surface area contributed by atoms with Gasteiger partial charge in [-0.05, 0) is 19.9 Å². The molecule has 0 bridgehead atoms. The van der Waals surface area contributed by atoms with Crippen LogP contribution in [-0.2, 0) is 16.1 Å². The smallest absolute Gasteiger partial charge is 0.257 e. The molecule has 142 valence electrons. The van der Waals surface area contributed by atoms with Crippen LogP contribution in [0.15, 0.2) is 53.1 Å². The van der Waals surface area contributed by atoms with Crippen molar-refractivity contribution in [3.05, 3.63) is 54.4 Å². The molecule has 0 spiro atoms. The number of amides is 1. The summed E-state index contributed by atoms with van der Waals surface area (Å²) >= 11 is 0. The van der Waals surface area contributed by atoms with E-state index in [9.17, 15) is 4.79 Å². The Morgan fingerprint density at radius 1 is 1.37 bits per heavy atom. The van der Waals surface area contributed by atoms with Gasteiger partial charge in [0.1, 0.15) is 5.66 Å². The highest BCUT2D eigenvalue weighted by Gasteiger charge is 2.41. The molecule has 0 radical (unpaired) electrons. The molecule has 0 aromatic carbocycles. The highest BCUT2D eigenvalue weighted by Crippen LogP contribution is 2.36. The van der Waals surface area contributed by atoms with Crippen LogP contribution in [0.5, 0.6) is 0 Å². The van der Waals surface area contributed by atoms with Crippen molar-refractivity contribution >= 4 is 11.5 Å². The van der Waals surface area contributed by atoms with Gasteiger partial charge in [0.05, 0.1) is 24.2 Å². The predicted octanol–water partition coefficient (Wildman–Crippen LogP) is 1.80. The number of nitrogens with one attached hydrogen (secondary N) is 1. The molecule has 1 unspecified atom stereocenters. The molecule has 0 saturated carbocycles. The molecule has 2 aromatic heterocycles. The Balaban J connectivity index is 1.65. The van der Waals surface area contributed by atoms with Crippen molar-refractivity contribution in [2.75, 3.05) is 13.7 Å². The molecule has 0 saturated heterocycles. The number of ether oxygens (including phenoxy) is 1. The molecular weight excluding hydrogens is 346 g/mol. The minimum Gasteiger partial charge on any atom is -0.444 e. The third-order valence-electron chi connectivity index (χ3n) is 5.11. The summed E-state index contributed by atoms with van der Waals surface area (Å²) in [6, 6.07) is 0. The summed E-state index contributed by atoms with van der Waals surface area (Å²) in [5, 5.41) is 3.52. The monoisotopic (exact) mass is 369 g/mol. The minimum atomic E-state index is -0.494. The fraction of sp³-hybridized carbons (Fsp3) is 0.421. The van der Waals surface area contributed by atoms with Gasteiger partial charge in [-0.2, -0.15) is 0 Å². The van der Waals surface area contributed by atoms with E-state index in [1.54, 1.807) is 25.8 Å². The number of oxazole rings is 1. The topological polar surface area (TPSA) is 85.4 Å². The Kier molecular flexibility index (Phi) is 4.35. The van der Waals surface area contributed by atoms with Crippen molar-refractivity contribution in [2.45, 2.75) is 38.6 Å². The lowest BCUT2D eigenvalue weighted by atomic mass is 9.88. The molecule has 1 aliphatic carbocycles. The molecule has 1 atom stereocenters. The lowest BCUT2D eigenvalue weighted by molar-refractivity contribution is -0.134. The van der Waals surface area contributed by atoms with Crippen molar-refractivity contribution in [2.24, 2.45) is 0 Å². The maximum atomic E-state index is 13.3. The first-order valence-corrected chi connectivity index (χ1v) is 8.92.